The van der Waals surface area contributed by atoms with E-state index < -0.39 is 17.1 Å². The molecule has 0 aliphatic carbocycles. The molecule has 0 atom stereocenters. The number of anilines is 1. The van der Waals surface area contributed by atoms with Gasteiger partial charge < -0.3 is 5.32 Å². The van der Waals surface area contributed by atoms with Crippen LogP contribution in [0.3, 0.4) is 0 Å². The number of carbonyl (C=O) groups is 3. The van der Waals surface area contributed by atoms with Crippen LogP contribution in [0.25, 0.3) is 6.08 Å². The topological polar surface area (TPSA) is 66.5 Å². The third kappa shape index (κ3) is 4.35. The number of thioether (sulfide) groups is 1. The van der Waals surface area contributed by atoms with E-state index in [1.165, 1.54) is 6.08 Å². The maximum absolute atomic E-state index is 12.5. The molecular formula is C19H14Cl2N2O3S. The molecule has 5 nitrogen and oxygen atoms in total. The van der Waals surface area contributed by atoms with Gasteiger partial charge in [-0.1, -0.05) is 53.5 Å². The van der Waals surface area contributed by atoms with Gasteiger partial charge in [0.25, 0.3) is 11.1 Å². The average molecular weight is 421 g/mol. The van der Waals surface area contributed by atoms with Gasteiger partial charge in [-0.15, -0.1) is 0 Å². The molecule has 1 saturated heterocycles. The van der Waals surface area contributed by atoms with Crippen LogP contribution in [0.4, 0.5) is 10.5 Å². The van der Waals surface area contributed by atoms with E-state index in [4.69, 9.17) is 23.2 Å². The van der Waals surface area contributed by atoms with Gasteiger partial charge in [0.1, 0.15) is 6.54 Å². The molecular weight excluding hydrogens is 407 g/mol. The van der Waals surface area contributed by atoms with Crippen LogP contribution >= 0.6 is 35.0 Å². The first-order valence-electron chi connectivity index (χ1n) is 7.91. The van der Waals surface area contributed by atoms with Gasteiger partial charge in [-0.2, -0.15) is 0 Å². The lowest BCUT2D eigenvalue weighted by molar-refractivity contribution is -0.127. The molecule has 8 heteroatoms. The van der Waals surface area contributed by atoms with Crippen molar-refractivity contribution in [3.63, 3.8) is 0 Å². The van der Waals surface area contributed by atoms with Gasteiger partial charge in [0.15, 0.2) is 0 Å². The molecule has 3 amide bonds. The highest BCUT2D eigenvalue weighted by Gasteiger charge is 2.36. The minimum Gasteiger partial charge on any atom is -0.324 e. The molecule has 0 spiro atoms. The molecule has 0 unspecified atom stereocenters. The van der Waals surface area contributed by atoms with E-state index in [1.807, 2.05) is 19.1 Å². The number of hydrogen-bond acceptors (Lipinski definition) is 4. The summed E-state index contributed by atoms with van der Waals surface area (Å²) in [4.78, 5) is 38.1. The van der Waals surface area contributed by atoms with Gasteiger partial charge in [0, 0.05) is 5.69 Å². The lowest BCUT2D eigenvalue weighted by atomic mass is 10.2. The lowest BCUT2D eigenvalue weighted by Gasteiger charge is -2.13. The number of aryl methyl sites for hydroxylation is 1. The Bertz CT molecular complexity index is 975. The Labute approximate surface area is 170 Å². The number of imide groups is 1. The second kappa shape index (κ2) is 8.17. The monoisotopic (exact) mass is 420 g/mol. The highest BCUT2D eigenvalue weighted by Crippen LogP contribution is 2.35. The summed E-state index contributed by atoms with van der Waals surface area (Å²) in [5.74, 6) is -0.991. The Morgan fingerprint density at radius 3 is 2.63 bits per heavy atom. The largest absolute Gasteiger partial charge is 0.324 e. The summed E-state index contributed by atoms with van der Waals surface area (Å²) in [7, 11) is 0. The van der Waals surface area contributed by atoms with E-state index in [9.17, 15) is 14.4 Å². The maximum atomic E-state index is 12.5. The Balaban J connectivity index is 1.74. The van der Waals surface area contributed by atoms with Crippen molar-refractivity contribution in [2.45, 2.75) is 6.92 Å². The molecule has 0 bridgehead atoms. The fourth-order valence-corrected chi connectivity index (χ4v) is 3.65. The molecule has 0 saturated carbocycles. The molecule has 3 rings (SSSR count). The number of amides is 3. The fraction of sp³-hybridized carbons (Fsp3) is 0.105. The first-order valence-corrected chi connectivity index (χ1v) is 9.49. The van der Waals surface area contributed by atoms with Crippen molar-refractivity contribution in [1.82, 2.24) is 4.90 Å². The van der Waals surface area contributed by atoms with E-state index in [0.29, 0.717) is 21.3 Å². The first kappa shape index (κ1) is 19.5. The number of halogens is 2. The Morgan fingerprint density at radius 1 is 1.15 bits per heavy atom. The molecule has 27 heavy (non-hydrogen) atoms. The third-order valence-corrected chi connectivity index (χ3v) is 5.60. The normalized spacial score (nSPS) is 15.5. The number of nitrogens with zero attached hydrogens (tertiary/aromatic N) is 1. The van der Waals surface area contributed by atoms with Crippen molar-refractivity contribution >= 4 is 63.8 Å². The number of nitrogens with one attached hydrogen (secondary N) is 1. The molecule has 1 N–H and O–H groups in total. The van der Waals surface area contributed by atoms with Gasteiger partial charge in [0.05, 0.1) is 15.0 Å². The van der Waals surface area contributed by atoms with Crippen LogP contribution in [0.5, 0.6) is 0 Å². The minimum atomic E-state index is -0.541. The van der Waals surface area contributed by atoms with Crippen molar-refractivity contribution in [3.8, 4) is 0 Å². The summed E-state index contributed by atoms with van der Waals surface area (Å²) in [6, 6.07) is 12.3. The second-order valence-corrected chi connectivity index (χ2v) is 7.55. The van der Waals surface area contributed by atoms with Crippen molar-refractivity contribution in [2.24, 2.45) is 0 Å². The fourth-order valence-electron chi connectivity index (χ4n) is 2.46. The second-order valence-electron chi connectivity index (χ2n) is 5.77. The van der Waals surface area contributed by atoms with Crippen LogP contribution in [0, 0.1) is 6.92 Å². The van der Waals surface area contributed by atoms with Crippen molar-refractivity contribution in [1.29, 1.82) is 0 Å². The summed E-state index contributed by atoms with van der Waals surface area (Å²) in [5.41, 5.74) is 2.05. The molecule has 1 fully saturated rings. The van der Waals surface area contributed by atoms with Gasteiger partial charge in [-0.25, -0.2) is 0 Å². The molecule has 1 aliphatic heterocycles. The standard InChI is InChI=1S/C19H14Cl2N2O3S/c1-11-5-2-3-8-14(11)22-16(24)10-23-18(25)15(27-19(23)26)9-12-6-4-7-13(20)17(12)21/h2-9H,10H2,1H3,(H,22,24)/b15-9-. The molecule has 1 heterocycles. The third-order valence-electron chi connectivity index (χ3n) is 3.86. The van der Waals surface area contributed by atoms with Crippen LogP contribution in [-0.2, 0) is 9.59 Å². The summed E-state index contributed by atoms with van der Waals surface area (Å²) in [5, 5.41) is 2.84. The minimum absolute atomic E-state index is 0.188. The van der Waals surface area contributed by atoms with E-state index in [2.05, 4.69) is 5.32 Å². The van der Waals surface area contributed by atoms with Crippen LogP contribution in [0.2, 0.25) is 10.0 Å². The molecule has 0 radical (unpaired) electrons. The van der Waals surface area contributed by atoms with Crippen LogP contribution < -0.4 is 5.32 Å². The zero-order valence-electron chi connectivity index (χ0n) is 14.2. The number of para-hydroxylation sites is 1. The molecule has 0 aromatic heterocycles. The molecule has 138 valence electrons. The van der Waals surface area contributed by atoms with Gasteiger partial charge in [-0.3, -0.25) is 19.3 Å². The first-order chi connectivity index (χ1) is 12.9. The van der Waals surface area contributed by atoms with E-state index >= 15 is 0 Å². The number of benzene rings is 2. The Morgan fingerprint density at radius 2 is 1.89 bits per heavy atom. The van der Waals surface area contributed by atoms with E-state index in [-0.39, 0.29) is 11.4 Å². The van der Waals surface area contributed by atoms with Gasteiger partial charge in [-0.05, 0) is 48.0 Å². The zero-order valence-corrected chi connectivity index (χ0v) is 16.5. The number of carbonyl (C=O) groups excluding carboxylic acids is 3. The van der Waals surface area contributed by atoms with Crippen molar-refractivity contribution in [3.05, 3.63) is 68.5 Å². The molecule has 2 aromatic rings. The maximum Gasteiger partial charge on any atom is 0.294 e. The Kier molecular flexibility index (Phi) is 5.89. The van der Waals surface area contributed by atoms with E-state index in [1.54, 1.807) is 30.3 Å². The average Bonchev–Trinajstić information content (AvgIpc) is 2.88. The van der Waals surface area contributed by atoms with Gasteiger partial charge in [0.2, 0.25) is 5.91 Å². The lowest BCUT2D eigenvalue weighted by Crippen LogP contribution is -2.36. The predicted octanol–water partition coefficient (Wildman–Crippen LogP) is 4.98. The summed E-state index contributed by atoms with van der Waals surface area (Å²) < 4.78 is 0. The SMILES string of the molecule is Cc1ccccc1NC(=O)CN1C(=O)S/C(=C\c2cccc(Cl)c2Cl)C1=O. The Hall–Kier alpha value is -2.28. The summed E-state index contributed by atoms with van der Waals surface area (Å²) >= 11 is 12.8. The van der Waals surface area contributed by atoms with Crippen molar-refractivity contribution in [2.75, 3.05) is 11.9 Å². The molecule has 1 aliphatic rings. The van der Waals surface area contributed by atoms with Crippen LogP contribution in [0.15, 0.2) is 47.4 Å². The summed E-state index contributed by atoms with van der Waals surface area (Å²) in [6.07, 6.45) is 1.50. The smallest absolute Gasteiger partial charge is 0.294 e. The highest BCUT2D eigenvalue weighted by molar-refractivity contribution is 8.18. The van der Waals surface area contributed by atoms with Crippen LogP contribution in [0.1, 0.15) is 11.1 Å². The van der Waals surface area contributed by atoms with E-state index in [0.717, 1.165) is 22.2 Å². The quantitative estimate of drug-likeness (QED) is 0.708. The predicted molar refractivity (Wildman–Crippen MR) is 109 cm³/mol. The van der Waals surface area contributed by atoms with Gasteiger partial charge >= 0.3 is 0 Å². The molecule has 2 aromatic carbocycles. The number of rotatable bonds is 4. The highest BCUT2D eigenvalue weighted by atomic mass is 35.5. The van der Waals surface area contributed by atoms with Crippen LogP contribution in [-0.4, -0.2) is 28.5 Å². The van der Waals surface area contributed by atoms with Crippen molar-refractivity contribution < 1.29 is 14.4 Å². The number of hydrogen-bond donors (Lipinski definition) is 1. The zero-order chi connectivity index (χ0) is 19.6. The summed E-state index contributed by atoms with van der Waals surface area (Å²) in [6.45, 7) is 1.49.